The Bertz CT molecular complexity index is 453. The molecule has 0 aromatic heterocycles. The number of nitrogens with one attached hydrogen (secondary N) is 4. The molecular weight excluding hydrogens is 342 g/mol. The quantitative estimate of drug-likeness (QED) is 0.390. The fourth-order valence-electron chi connectivity index (χ4n) is 4.86. The summed E-state index contributed by atoms with van der Waals surface area (Å²) in [6.07, 6.45) is 9.31. The minimum absolute atomic E-state index is 0.294. The lowest BCUT2D eigenvalue weighted by atomic mass is 9.87. The van der Waals surface area contributed by atoms with Gasteiger partial charge in [0.1, 0.15) is 0 Å². The van der Waals surface area contributed by atoms with Crippen molar-refractivity contribution in [2.24, 2.45) is 11.7 Å². The Morgan fingerprint density at radius 3 is 1.56 bits per heavy atom. The van der Waals surface area contributed by atoms with Crippen molar-refractivity contribution in [1.29, 1.82) is 0 Å². The van der Waals surface area contributed by atoms with Crippen LogP contribution in [0.4, 0.5) is 0 Å². The molecule has 7 N–H and O–H groups in total. The molecule has 1 aliphatic heterocycles. The van der Waals surface area contributed by atoms with Gasteiger partial charge in [-0.05, 0) is 32.6 Å². The van der Waals surface area contributed by atoms with E-state index in [1.54, 1.807) is 0 Å². The number of hydrogen-bond acceptors (Lipinski definition) is 6. The first-order valence-corrected chi connectivity index (χ1v) is 10.9. The van der Waals surface area contributed by atoms with E-state index >= 15 is 0 Å². The predicted octanol–water partition coefficient (Wildman–Crippen LogP) is 0.399. The van der Waals surface area contributed by atoms with Crippen molar-refractivity contribution in [2.45, 2.75) is 88.0 Å². The maximum Gasteiger partial charge on any atom is 0.309 e. The molecule has 0 radical (unpaired) electrons. The van der Waals surface area contributed by atoms with E-state index in [1.807, 2.05) is 0 Å². The lowest BCUT2D eigenvalue weighted by Gasteiger charge is -2.39. The van der Waals surface area contributed by atoms with Crippen LogP contribution in [0.25, 0.3) is 0 Å². The van der Waals surface area contributed by atoms with Crippen LogP contribution in [-0.4, -0.2) is 67.0 Å². The molecule has 0 amide bonds. The molecule has 0 bridgehead atoms. The van der Waals surface area contributed by atoms with Crippen LogP contribution >= 0.6 is 0 Å². The zero-order valence-corrected chi connectivity index (χ0v) is 16.8. The average Bonchev–Trinajstić information content (AvgIpc) is 2.65. The molecule has 2 aliphatic carbocycles. The van der Waals surface area contributed by atoms with E-state index in [0.29, 0.717) is 37.3 Å². The Hall–Kier alpha value is -0.730. The van der Waals surface area contributed by atoms with Crippen LogP contribution in [0.3, 0.4) is 0 Å². The highest BCUT2D eigenvalue weighted by Gasteiger charge is 2.32. The van der Waals surface area contributed by atoms with Gasteiger partial charge in [0.15, 0.2) is 0 Å². The summed E-state index contributed by atoms with van der Waals surface area (Å²) < 4.78 is 0. The smallest absolute Gasteiger partial charge is 0.309 e. The van der Waals surface area contributed by atoms with Crippen molar-refractivity contribution >= 4 is 5.97 Å². The minimum atomic E-state index is -0.711. The number of aliphatic carboxylic acids is 1. The number of fused-ring (bicyclic) bond motifs is 2. The van der Waals surface area contributed by atoms with Crippen molar-refractivity contribution in [2.75, 3.05) is 26.2 Å². The molecule has 1 heterocycles. The summed E-state index contributed by atoms with van der Waals surface area (Å²) in [7, 11) is 0. The molecule has 4 atom stereocenters. The number of carboxylic acids is 1. The normalized spacial score (nSPS) is 42.4. The van der Waals surface area contributed by atoms with Gasteiger partial charge in [-0.2, -0.15) is 0 Å². The highest BCUT2D eigenvalue weighted by molar-refractivity contribution is 5.70. The van der Waals surface area contributed by atoms with Crippen molar-refractivity contribution in [3.05, 3.63) is 0 Å². The first kappa shape index (κ1) is 21.0. The molecule has 7 heteroatoms. The summed E-state index contributed by atoms with van der Waals surface area (Å²) in [5.74, 6) is -1.10. The standard InChI is InChI=1S/C20H39N5O2/c1-20(21)12-24-17-8-4-2-6-15(17)22-10-14(19(26)27)11-23-16-7-3-5-9-18(16)25-13-20/h14-18,22-25H,2-13,21H2,1H3,(H,26,27). The largest absolute Gasteiger partial charge is 0.481 e. The Labute approximate surface area is 163 Å². The van der Waals surface area contributed by atoms with Crippen molar-refractivity contribution in [3.63, 3.8) is 0 Å². The number of nitrogens with two attached hydrogens (primary N) is 1. The average molecular weight is 382 g/mol. The molecule has 1 saturated heterocycles. The molecule has 3 rings (SSSR count). The van der Waals surface area contributed by atoms with Gasteiger partial charge in [0.2, 0.25) is 0 Å². The Morgan fingerprint density at radius 2 is 1.19 bits per heavy atom. The SMILES string of the molecule is CC1(N)CNC2CCCCC2NCC(C(=O)O)CNC2CCCCC2NC1. The van der Waals surface area contributed by atoms with Gasteiger partial charge in [0.05, 0.1) is 5.92 Å². The van der Waals surface area contributed by atoms with E-state index in [-0.39, 0.29) is 5.54 Å². The molecule has 0 spiro atoms. The molecule has 0 aromatic carbocycles. The molecule has 156 valence electrons. The summed E-state index contributed by atoms with van der Waals surface area (Å²) in [4.78, 5) is 11.8. The van der Waals surface area contributed by atoms with Crippen molar-refractivity contribution in [1.82, 2.24) is 21.3 Å². The van der Waals surface area contributed by atoms with Crippen molar-refractivity contribution < 1.29 is 9.90 Å². The fourth-order valence-corrected chi connectivity index (χ4v) is 4.86. The van der Waals surface area contributed by atoms with Gasteiger partial charge in [0, 0.05) is 55.9 Å². The Kier molecular flexibility index (Phi) is 7.50. The number of carbonyl (C=O) groups is 1. The summed E-state index contributed by atoms with van der Waals surface area (Å²) in [6.45, 7) is 4.72. The third-order valence-corrected chi connectivity index (χ3v) is 6.67. The van der Waals surface area contributed by atoms with Crippen LogP contribution in [0.2, 0.25) is 0 Å². The third-order valence-electron chi connectivity index (χ3n) is 6.67. The molecule has 4 unspecified atom stereocenters. The summed E-state index contributed by atoms with van der Waals surface area (Å²) >= 11 is 0. The second-order valence-corrected chi connectivity index (χ2v) is 9.26. The van der Waals surface area contributed by atoms with Crippen LogP contribution in [0, 0.1) is 5.92 Å². The molecule has 3 aliphatic rings. The van der Waals surface area contributed by atoms with Gasteiger partial charge < -0.3 is 32.1 Å². The molecular formula is C20H39N5O2. The van der Waals surface area contributed by atoms with Crippen LogP contribution in [0.5, 0.6) is 0 Å². The zero-order chi connectivity index (χ0) is 19.3. The maximum atomic E-state index is 11.8. The fraction of sp³-hybridized carbons (Fsp3) is 0.950. The molecule has 2 saturated carbocycles. The second-order valence-electron chi connectivity index (χ2n) is 9.26. The van der Waals surface area contributed by atoms with Gasteiger partial charge in [-0.3, -0.25) is 4.79 Å². The highest BCUT2D eigenvalue weighted by Crippen LogP contribution is 2.21. The monoisotopic (exact) mass is 381 g/mol. The van der Waals surface area contributed by atoms with Gasteiger partial charge in [-0.1, -0.05) is 25.7 Å². The molecule has 0 aromatic rings. The van der Waals surface area contributed by atoms with Crippen LogP contribution in [0.1, 0.15) is 58.3 Å². The number of carboxylic acid groups (broad SMARTS) is 1. The third kappa shape index (κ3) is 6.12. The molecule has 7 nitrogen and oxygen atoms in total. The zero-order valence-electron chi connectivity index (χ0n) is 16.8. The summed E-state index contributed by atoms with van der Waals surface area (Å²) in [6, 6.07) is 1.40. The minimum Gasteiger partial charge on any atom is -0.481 e. The van der Waals surface area contributed by atoms with Crippen LogP contribution < -0.4 is 27.0 Å². The van der Waals surface area contributed by atoms with E-state index in [1.165, 1.54) is 25.7 Å². The van der Waals surface area contributed by atoms with Gasteiger partial charge in [0.25, 0.3) is 0 Å². The van der Waals surface area contributed by atoms with E-state index in [0.717, 1.165) is 38.8 Å². The molecule has 3 fully saturated rings. The van der Waals surface area contributed by atoms with Crippen LogP contribution in [-0.2, 0) is 4.79 Å². The topological polar surface area (TPSA) is 111 Å². The highest BCUT2D eigenvalue weighted by atomic mass is 16.4. The van der Waals surface area contributed by atoms with Crippen molar-refractivity contribution in [3.8, 4) is 0 Å². The van der Waals surface area contributed by atoms with E-state index < -0.39 is 11.9 Å². The lowest BCUT2D eigenvalue weighted by molar-refractivity contribution is -0.141. The van der Waals surface area contributed by atoms with Gasteiger partial charge in [-0.15, -0.1) is 0 Å². The van der Waals surface area contributed by atoms with Gasteiger partial charge in [-0.25, -0.2) is 0 Å². The maximum absolute atomic E-state index is 11.8. The number of rotatable bonds is 1. The summed E-state index contributed by atoms with van der Waals surface area (Å²) in [5, 5.41) is 24.2. The predicted molar refractivity (Wildman–Crippen MR) is 108 cm³/mol. The van der Waals surface area contributed by atoms with E-state index in [4.69, 9.17) is 5.73 Å². The van der Waals surface area contributed by atoms with Gasteiger partial charge >= 0.3 is 5.97 Å². The Morgan fingerprint density at radius 1 is 0.815 bits per heavy atom. The van der Waals surface area contributed by atoms with E-state index in [2.05, 4.69) is 28.2 Å². The first-order valence-electron chi connectivity index (χ1n) is 10.9. The lowest BCUT2D eigenvalue weighted by Crippen LogP contribution is -2.62. The Balaban J connectivity index is 1.71. The first-order chi connectivity index (χ1) is 12.9. The second kappa shape index (κ2) is 9.65. The summed E-state index contributed by atoms with van der Waals surface area (Å²) in [5.41, 5.74) is 6.30. The molecule has 27 heavy (non-hydrogen) atoms. The number of hydrogen-bond donors (Lipinski definition) is 6. The van der Waals surface area contributed by atoms with Crippen LogP contribution in [0.15, 0.2) is 0 Å². The van der Waals surface area contributed by atoms with E-state index in [9.17, 15) is 9.90 Å².